The highest BCUT2D eigenvalue weighted by molar-refractivity contribution is 9.12. The van der Waals surface area contributed by atoms with Gasteiger partial charge in [-0.2, -0.15) is 0 Å². The van der Waals surface area contributed by atoms with Gasteiger partial charge in [0, 0.05) is 0 Å². The standard InChI is InChI=1S/C4H3Br2NO2S2/c5-3-1-2(4(6)10-3)11(7,8)9/h1H,(H2,7,8,9). The highest BCUT2D eigenvalue weighted by Gasteiger charge is 2.15. The largest absolute Gasteiger partial charge is 0.240 e. The molecular weight excluding hydrogens is 318 g/mol. The van der Waals surface area contributed by atoms with Crippen molar-refractivity contribution in [3.05, 3.63) is 13.6 Å². The normalized spacial score (nSPS) is 11.9. The SMILES string of the molecule is NS(=O)(=O)c1cc(Br)sc1Br. The summed E-state index contributed by atoms with van der Waals surface area (Å²) in [6.07, 6.45) is 0. The fraction of sp³-hybridized carbons (Fsp3) is 0. The Morgan fingerprint density at radius 1 is 1.45 bits per heavy atom. The lowest BCUT2D eigenvalue weighted by Gasteiger charge is -1.90. The summed E-state index contributed by atoms with van der Waals surface area (Å²) >= 11 is 7.50. The van der Waals surface area contributed by atoms with Gasteiger partial charge in [0.15, 0.2) is 0 Å². The smallest absolute Gasteiger partial charge is 0.225 e. The van der Waals surface area contributed by atoms with Gasteiger partial charge >= 0.3 is 0 Å². The van der Waals surface area contributed by atoms with Crippen molar-refractivity contribution >= 4 is 53.2 Å². The molecule has 0 bridgehead atoms. The van der Waals surface area contributed by atoms with E-state index in [1.807, 2.05) is 0 Å². The molecule has 0 spiro atoms. The van der Waals surface area contributed by atoms with Gasteiger partial charge in [0.2, 0.25) is 10.0 Å². The van der Waals surface area contributed by atoms with Crippen LogP contribution in [0.15, 0.2) is 18.5 Å². The highest BCUT2D eigenvalue weighted by atomic mass is 79.9. The van der Waals surface area contributed by atoms with E-state index in [1.165, 1.54) is 17.4 Å². The quantitative estimate of drug-likeness (QED) is 0.859. The van der Waals surface area contributed by atoms with Gasteiger partial charge in [-0.05, 0) is 37.9 Å². The van der Waals surface area contributed by atoms with Crippen LogP contribution in [0.5, 0.6) is 0 Å². The summed E-state index contributed by atoms with van der Waals surface area (Å²) in [5.41, 5.74) is 0. The number of primary sulfonamides is 1. The molecule has 0 aliphatic heterocycles. The molecule has 1 aromatic rings. The molecule has 0 radical (unpaired) electrons. The van der Waals surface area contributed by atoms with Gasteiger partial charge in [-0.15, -0.1) is 11.3 Å². The van der Waals surface area contributed by atoms with Gasteiger partial charge in [-0.25, -0.2) is 13.6 Å². The lowest BCUT2D eigenvalue weighted by Crippen LogP contribution is -2.11. The van der Waals surface area contributed by atoms with E-state index in [4.69, 9.17) is 5.14 Å². The van der Waals surface area contributed by atoms with Gasteiger partial charge in [0.25, 0.3) is 0 Å². The van der Waals surface area contributed by atoms with Crippen LogP contribution in [0.3, 0.4) is 0 Å². The van der Waals surface area contributed by atoms with Crippen LogP contribution in [0.1, 0.15) is 0 Å². The van der Waals surface area contributed by atoms with E-state index in [0.717, 1.165) is 3.79 Å². The summed E-state index contributed by atoms with van der Waals surface area (Å²) < 4.78 is 22.9. The lowest BCUT2D eigenvalue weighted by atomic mass is 10.7. The van der Waals surface area contributed by atoms with Crippen LogP contribution in [-0.4, -0.2) is 8.42 Å². The van der Waals surface area contributed by atoms with Crippen molar-refractivity contribution in [2.75, 3.05) is 0 Å². The van der Waals surface area contributed by atoms with Crippen LogP contribution in [0.2, 0.25) is 0 Å². The van der Waals surface area contributed by atoms with Crippen molar-refractivity contribution in [2.24, 2.45) is 5.14 Å². The molecule has 1 aromatic heterocycles. The van der Waals surface area contributed by atoms with Crippen molar-refractivity contribution in [1.29, 1.82) is 0 Å². The third-order valence-electron chi connectivity index (χ3n) is 0.932. The maximum absolute atomic E-state index is 10.8. The Balaban J connectivity index is 3.36. The van der Waals surface area contributed by atoms with Gasteiger partial charge in [0.05, 0.1) is 7.57 Å². The molecule has 1 heterocycles. The maximum Gasteiger partial charge on any atom is 0.240 e. The number of halogens is 2. The second-order valence-corrected chi connectivity index (χ2v) is 7.01. The molecule has 0 amide bonds. The average Bonchev–Trinajstić information content (AvgIpc) is 2.08. The number of rotatable bonds is 1. The topological polar surface area (TPSA) is 60.2 Å². The first kappa shape index (κ1) is 9.66. The van der Waals surface area contributed by atoms with Crippen molar-refractivity contribution in [3.63, 3.8) is 0 Å². The molecule has 0 fully saturated rings. The Morgan fingerprint density at radius 3 is 2.18 bits per heavy atom. The van der Waals surface area contributed by atoms with Crippen molar-refractivity contribution in [3.8, 4) is 0 Å². The first-order valence-electron chi connectivity index (χ1n) is 2.39. The zero-order valence-corrected chi connectivity index (χ0v) is 9.85. The van der Waals surface area contributed by atoms with Gasteiger partial charge in [-0.3, -0.25) is 0 Å². The third-order valence-corrected chi connectivity index (χ3v) is 4.60. The second kappa shape index (κ2) is 3.14. The van der Waals surface area contributed by atoms with Crippen LogP contribution in [0, 0.1) is 0 Å². The predicted molar refractivity (Wildman–Crippen MR) is 51.1 cm³/mol. The molecule has 0 saturated heterocycles. The summed E-state index contributed by atoms with van der Waals surface area (Å²) in [5.74, 6) is 0. The van der Waals surface area contributed by atoms with E-state index in [9.17, 15) is 8.42 Å². The fourth-order valence-corrected chi connectivity index (χ4v) is 4.91. The van der Waals surface area contributed by atoms with Crippen LogP contribution in [0.4, 0.5) is 0 Å². The lowest BCUT2D eigenvalue weighted by molar-refractivity contribution is 0.598. The van der Waals surface area contributed by atoms with E-state index in [-0.39, 0.29) is 4.90 Å². The summed E-state index contributed by atoms with van der Waals surface area (Å²) in [6, 6.07) is 1.46. The second-order valence-electron chi connectivity index (χ2n) is 1.73. The first-order chi connectivity index (χ1) is 4.91. The molecule has 11 heavy (non-hydrogen) atoms. The van der Waals surface area contributed by atoms with E-state index in [2.05, 4.69) is 31.9 Å². The summed E-state index contributed by atoms with van der Waals surface area (Å²) in [6.45, 7) is 0. The Bertz CT molecular complexity index is 369. The van der Waals surface area contributed by atoms with Crippen LogP contribution in [-0.2, 0) is 10.0 Å². The van der Waals surface area contributed by atoms with E-state index < -0.39 is 10.0 Å². The number of thiophene rings is 1. The number of hydrogen-bond acceptors (Lipinski definition) is 3. The monoisotopic (exact) mass is 319 g/mol. The Hall–Kier alpha value is 0.570. The zero-order valence-electron chi connectivity index (χ0n) is 5.04. The number of sulfonamides is 1. The van der Waals surface area contributed by atoms with Crippen LogP contribution in [0.25, 0.3) is 0 Å². The van der Waals surface area contributed by atoms with Gasteiger partial charge < -0.3 is 0 Å². The Morgan fingerprint density at radius 2 is 2.00 bits per heavy atom. The van der Waals surface area contributed by atoms with Crippen molar-refractivity contribution < 1.29 is 8.42 Å². The van der Waals surface area contributed by atoms with E-state index >= 15 is 0 Å². The minimum absolute atomic E-state index is 0.120. The molecule has 2 N–H and O–H groups in total. The van der Waals surface area contributed by atoms with Crippen LogP contribution >= 0.6 is 43.2 Å². The fourth-order valence-electron chi connectivity index (χ4n) is 0.519. The molecule has 0 saturated carbocycles. The van der Waals surface area contributed by atoms with Crippen molar-refractivity contribution in [1.82, 2.24) is 0 Å². The van der Waals surface area contributed by atoms with Crippen molar-refractivity contribution in [2.45, 2.75) is 4.90 Å². The third kappa shape index (κ3) is 2.25. The molecule has 0 atom stereocenters. The van der Waals surface area contributed by atoms with E-state index in [0.29, 0.717) is 3.79 Å². The minimum Gasteiger partial charge on any atom is -0.225 e. The summed E-state index contributed by atoms with van der Waals surface area (Å²) in [4.78, 5) is 0.120. The highest BCUT2D eigenvalue weighted by Crippen LogP contribution is 2.33. The molecule has 0 aliphatic rings. The molecule has 7 heteroatoms. The minimum atomic E-state index is -3.58. The number of nitrogens with two attached hydrogens (primary N) is 1. The van der Waals surface area contributed by atoms with E-state index in [1.54, 1.807) is 0 Å². The number of hydrogen-bond donors (Lipinski definition) is 1. The molecule has 0 aromatic carbocycles. The van der Waals surface area contributed by atoms with Gasteiger partial charge in [-0.1, -0.05) is 0 Å². The average molecular weight is 321 g/mol. The summed E-state index contributed by atoms with van der Waals surface area (Å²) in [7, 11) is -3.58. The molecular formula is C4H3Br2NO2S2. The zero-order chi connectivity index (χ0) is 8.65. The predicted octanol–water partition coefficient (Wildman–Crippen LogP) is 1.92. The maximum atomic E-state index is 10.8. The van der Waals surface area contributed by atoms with Crippen LogP contribution < -0.4 is 5.14 Å². The summed E-state index contributed by atoms with van der Waals surface area (Å²) in [5, 5.41) is 4.90. The Kier molecular flexibility index (Phi) is 2.75. The molecule has 0 aliphatic carbocycles. The molecule has 3 nitrogen and oxygen atoms in total. The Labute approximate surface area is 84.9 Å². The first-order valence-corrected chi connectivity index (χ1v) is 6.34. The molecule has 0 unspecified atom stereocenters. The van der Waals surface area contributed by atoms with Gasteiger partial charge in [0.1, 0.15) is 4.90 Å². The molecule has 1 rings (SSSR count). The molecule has 62 valence electrons.